The number of fused-ring (bicyclic) bond motifs is 1. The molecule has 7 nitrogen and oxygen atoms in total. The number of benzene rings is 2. The van der Waals surface area contributed by atoms with Gasteiger partial charge in [0, 0.05) is 30.0 Å². The minimum Gasteiger partial charge on any atom is -0.393 e. The molecule has 0 unspecified atom stereocenters. The van der Waals surface area contributed by atoms with Gasteiger partial charge in [0.15, 0.2) is 5.82 Å². The third-order valence-electron chi connectivity index (χ3n) is 5.98. The van der Waals surface area contributed by atoms with Gasteiger partial charge in [0.1, 0.15) is 5.60 Å². The van der Waals surface area contributed by atoms with E-state index in [1.54, 1.807) is 44.9 Å². The van der Waals surface area contributed by atoms with Crippen LogP contribution in [0, 0.1) is 0 Å². The van der Waals surface area contributed by atoms with Crippen molar-refractivity contribution in [1.29, 1.82) is 0 Å². The Kier molecular flexibility index (Phi) is 6.62. The van der Waals surface area contributed by atoms with Gasteiger partial charge in [0.2, 0.25) is 0 Å². The third-order valence-corrected chi connectivity index (χ3v) is 6.34. The van der Waals surface area contributed by atoms with E-state index in [0.717, 1.165) is 34.2 Å². The van der Waals surface area contributed by atoms with E-state index in [1.807, 2.05) is 41.1 Å². The van der Waals surface area contributed by atoms with E-state index in [0.29, 0.717) is 29.2 Å². The van der Waals surface area contributed by atoms with Gasteiger partial charge in [0.25, 0.3) is 5.56 Å². The van der Waals surface area contributed by atoms with Crippen molar-refractivity contribution in [2.24, 2.45) is 7.05 Å². The summed E-state index contributed by atoms with van der Waals surface area (Å²) in [6, 6.07) is 11.5. The Morgan fingerprint density at radius 1 is 1.09 bits per heavy atom. The minimum atomic E-state index is -1.12. The maximum atomic E-state index is 12.9. The van der Waals surface area contributed by atoms with Crippen molar-refractivity contribution in [3.63, 3.8) is 0 Å². The lowest BCUT2D eigenvalue weighted by atomic mass is 10.0. The average Bonchev–Trinajstić information content (AvgIpc) is 3.03. The molecule has 0 bridgehead atoms. The van der Waals surface area contributed by atoms with Gasteiger partial charge in [-0.2, -0.15) is 0 Å². The van der Waals surface area contributed by atoms with Crippen LogP contribution in [0.2, 0.25) is 5.02 Å². The molecule has 2 heterocycles. The Hall–Kier alpha value is -3.00. The van der Waals surface area contributed by atoms with Gasteiger partial charge in [-0.25, -0.2) is 9.97 Å². The van der Waals surface area contributed by atoms with Crippen LogP contribution in [0.3, 0.4) is 0 Å². The van der Waals surface area contributed by atoms with E-state index in [9.17, 15) is 15.0 Å². The Morgan fingerprint density at radius 2 is 1.79 bits per heavy atom. The average molecular weight is 481 g/mol. The second-order valence-electron chi connectivity index (χ2n) is 9.29. The zero-order chi connectivity index (χ0) is 24.6. The third kappa shape index (κ3) is 4.92. The first-order valence-corrected chi connectivity index (χ1v) is 11.6. The van der Waals surface area contributed by atoms with Crippen LogP contribution in [0.25, 0.3) is 22.0 Å². The first-order chi connectivity index (χ1) is 16.0. The van der Waals surface area contributed by atoms with Crippen molar-refractivity contribution >= 4 is 22.5 Å². The minimum absolute atomic E-state index is 0.0865. The highest BCUT2D eigenvalue weighted by molar-refractivity contribution is 6.31. The van der Waals surface area contributed by atoms with Gasteiger partial charge in [0.05, 0.1) is 23.6 Å². The number of aliphatic hydroxyl groups excluding tert-OH is 1. The number of aryl methyl sites for hydroxylation is 1. The normalized spacial score (nSPS) is 12.9. The molecule has 1 atom stereocenters. The second-order valence-corrected chi connectivity index (χ2v) is 9.69. The smallest absolute Gasteiger partial charge is 0.274 e. The van der Waals surface area contributed by atoms with Crippen molar-refractivity contribution in [1.82, 2.24) is 19.3 Å². The molecule has 2 aromatic heterocycles. The molecular weight excluding hydrogens is 452 g/mol. The topological polar surface area (TPSA) is 93.2 Å². The largest absolute Gasteiger partial charge is 0.393 e. The Bertz CT molecular complexity index is 1380. The van der Waals surface area contributed by atoms with Crippen molar-refractivity contribution in [3.05, 3.63) is 81.1 Å². The number of aromatic nitrogens is 4. The fraction of sp³-hybridized carbons (Fsp3) is 0.346. The van der Waals surface area contributed by atoms with Crippen molar-refractivity contribution in [2.75, 3.05) is 0 Å². The molecule has 0 saturated carbocycles. The van der Waals surface area contributed by atoms with Gasteiger partial charge >= 0.3 is 0 Å². The summed E-state index contributed by atoms with van der Waals surface area (Å²) in [5.41, 5.74) is 3.22. The highest BCUT2D eigenvalue weighted by atomic mass is 35.5. The summed E-state index contributed by atoms with van der Waals surface area (Å²) in [7, 11) is 1.74. The fourth-order valence-corrected chi connectivity index (χ4v) is 4.15. The molecule has 0 radical (unpaired) electrons. The monoisotopic (exact) mass is 480 g/mol. The van der Waals surface area contributed by atoms with Crippen LogP contribution in [0.4, 0.5) is 0 Å². The van der Waals surface area contributed by atoms with Crippen LogP contribution in [-0.2, 0) is 25.6 Å². The molecule has 178 valence electrons. The van der Waals surface area contributed by atoms with Crippen molar-refractivity contribution in [3.8, 4) is 11.1 Å². The van der Waals surface area contributed by atoms with E-state index in [2.05, 4.69) is 9.97 Å². The number of hydrogen-bond donors (Lipinski definition) is 2. The molecule has 2 aromatic carbocycles. The molecule has 34 heavy (non-hydrogen) atoms. The summed E-state index contributed by atoms with van der Waals surface area (Å²) < 4.78 is 3.51. The van der Waals surface area contributed by atoms with Crippen LogP contribution in [-0.4, -0.2) is 35.6 Å². The molecule has 0 saturated heterocycles. The summed E-state index contributed by atoms with van der Waals surface area (Å²) in [6.07, 6.45) is 4.40. The van der Waals surface area contributed by atoms with Crippen LogP contribution in [0.5, 0.6) is 0 Å². The lowest BCUT2D eigenvalue weighted by Crippen LogP contribution is -2.19. The SMILES string of the molecule is C[C@@H](O)CCc1ccc(Cl)c(Cn2c3cc(-c4cnc(C(C)(C)O)nc4)ccc3c(=O)n2C)c1. The highest BCUT2D eigenvalue weighted by Gasteiger charge is 2.19. The zero-order valence-electron chi connectivity index (χ0n) is 19.8. The molecule has 0 aliphatic carbocycles. The highest BCUT2D eigenvalue weighted by Crippen LogP contribution is 2.26. The molecular formula is C26H29ClN4O3. The van der Waals surface area contributed by atoms with E-state index in [1.165, 1.54) is 0 Å². The lowest BCUT2D eigenvalue weighted by molar-refractivity contribution is 0.0687. The maximum Gasteiger partial charge on any atom is 0.274 e. The quantitative estimate of drug-likeness (QED) is 0.416. The Morgan fingerprint density at radius 3 is 2.44 bits per heavy atom. The first-order valence-electron chi connectivity index (χ1n) is 11.2. The van der Waals surface area contributed by atoms with E-state index in [-0.39, 0.29) is 11.7 Å². The van der Waals surface area contributed by atoms with E-state index < -0.39 is 5.60 Å². The Balaban J connectivity index is 1.73. The molecule has 8 heteroatoms. The molecule has 4 rings (SSSR count). The van der Waals surface area contributed by atoms with Crippen molar-refractivity contribution < 1.29 is 10.2 Å². The predicted molar refractivity (Wildman–Crippen MR) is 134 cm³/mol. The number of nitrogens with zero attached hydrogens (tertiary/aromatic N) is 4. The lowest BCUT2D eigenvalue weighted by Gasteiger charge is -2.15. The number of hydrogen-bond acceptors (Lipinski definition) is 5. The second kappa shape index (κ2) is 9.33. The Labute approximate surface area is 203 Å². The number of halogens is 1. The van der Waals surface area contributed by atoms with E-state index in [4.69, 9.17) is 11.6 Å². The summed E-state index contributed by atoms with van der Waals surface area (Å²) in [5, 5.41) is 21.0. The van der Waals surface area contributed by atoms with Gasteiger partial charge in [-0.3, -0.25) is 14.2 Å². The summed E-state index contributed by atoms with van der Waals surface area (Å²) in [4.78, 5) is 21.5. The molecule has 0 fully saturated rings. The molecule has 2 N–H and O–H groups in total. The van der Waals surface area contributed by atoms with Gasteiger partial charge in [-0.15, -0.1) is 0 Å². The first kappa shape index (κ1) is 24.1. The standard InChI is InChI=1S/C26H29ClN4O3/c1-16(32)5-6-17-7-10-22(27)19(11-17)15-31-23-12-18(8-9-21(23)24(33)30(31)4)20-13-28-25(29-14-20)26(2,3)34/h7-14,16,32,34H,5-6,15H2,1-4H3/t16-/m1/s1. The van der Waals surface area contributed by atoms with Crippen LogP contribution < -0.4 is 5.56 Å². The summed E-state index contributed by atoms with van der Waals surface area (Å²) in [5.74, 6) is 0.346. The van der Waals surface area contributed by atoms with Crippen molar-refractivity contribution in [2.45, 2.75) is 51.9 Å². The summed E-state index contributed by atoms with van der Waals surface area (Å²) >= 11 is 6.51. The number of aliphatic hydroxyl groups is 2. The fourth-order valence-electron chi connectivity index (χ4n) is 3.98. The molecule has 0 spiro atoms. The number of rotatable bonds is 7. The molecule has 0 amide bonds. The predicted octanol–water partition coefficient (Wildman–Crippen LogP) is 4.04. The van der Waals surface area contributed by atoms with Crippen LogP contribution >= 0.6 is 11.6 Å². The molecule has 0 aliphatic heterocycles. The zero-order valence-corrected chi connectivity index (χ0v) is 20.5. The van der Waals surface area contributed by atoms with Gasteiger partial charge in [-0.05, 0) is 68.5 Å². The van der Waals surface area contributed by atoms with Gasteiger partial charge < -0.3 is 10.2 Å². The van der Waals surface area contributed by atoms with Gasteiger partial charge in [-0.1, -0.05) is 29.8 Å². The van der Waals surface area contributed by atoms with Crippen LogP contribution in [0.15, 0.2) is 53.6 Å². The van der Waals surface area contributed by atoms with E-state index >= 15 is 0 Å². The molecule has 0 aliphatic rings. The maximum absolute atomic E-state index is 12.9. The molecule has 4 aromatic rings. The van der Waals surface area contributed by atoms with Crippen LogP contribution in [0.1, 0.15) is 44.1 Å². The summed E-state index contributed by atoms with van der Waals surface area (Å²) in [6.45, 7) is 5.48.